The summed E-state index contributed by atoms with van der Waals surface area (Å²) >= 11 is 6.02. The van der Waals surface area contributed by atoms with Gasteiger partial charge in [-0.1, -0.05) is 23.7 Å². The van der Waals surface area contributed by atoms with Crippen molar-refractivity contribution in [3.05, 3.63) is 73.5 Å². The highest BCUT2D eigenvalue weighted by molar-refractivity contribution is 6.30. The maximum atomic E-state index is 13.1. The fourth-order valence-corrected chi connectivity index (χ4v) is 6.01. The third kappa shape index (κ3) is 4.19. The van der Waals surface area contributed by atoms with E-state index in [0.717, 1.165) is 5.56 Å². The van der Waals surface area contributed by atoms with Crippen LogP contribution in [0.1, 0.15) is 40.5 Å². The van der Waals surface area contributed by atoms with Gasteiger partial charge in [-0.05, 0) is 35.7 Å². The summed E-state index contributed by atoms with van der Waals surface area (Å²) in [6.07, 6.45) is -2.65. The predicted octanol–water partition coefficient (Wildman–Crippen LogP) is 2.45. The molecule has 0 spiro atoms. The van der Waals surface area contributed by atoms with Gasteiger partial charge < -0.3 is 29.3 Å². The molecule has 5 rings (SSSR count). The van der Waals surface area contributed by atoms with Gasteiger partial charge >= 0.3 is 11.9 Å². The highest BCUT2D eigenvalue weighted by Crippen LogP contribution is 2.50. The summed E-state index contributed by atoms with van der Waals surface area (Å²) in [6, 6.07) is 7.01. The molecule has 1 aromatic heterocycles. The number of aryl methyl sites for hydroxylation is 1. The van der Waals surface area contributed by atoms with Gasteiger partial charge in [-0.15, -0.1) is 10.1 Å². The number of aromatic nitrogens is 1. The number of hydrogen-bond donors (Lipinski definition) is 2. The third-order valence-electron chi connectivity index (χ3n) is 7.38. The van der Waals surface area contributed by atoms with Crippen LogP contribution in [-0.4, -0.2) is 63.7 Å². The lowest BCUT2D eigenvalue weighted by Gasteiger charge is -2.38. The van der Waals surface area contributed by atoms with Crippen LogP contribution in [0.2, 0.25) is 5.02 Å². The molecule has 0 saturated carbocycles. The van der Waals surface area contributed by atoms with Gasteiger partial charge in [0.1, 0.15) is 17.6 Å². The average Bonchev–Trinajstić information content (AvgIpc) is 3.54. The van der Waals surface area contributed by atoms with Crippen LogP contribution in [0.25, 0.3) is 0 Å². The molecule has 0 bridgehead atoms. The van der Waals surface area contributed by atoms with E-state index in [-0.39, 0.29) is 25.4 Å². The zero-order valence-corrected chi connectivity index (χ0v) is 20.3. The Balaban J connectivity index is 1.63. The van der Waals surface area contributed by atoms with Gasteiger partial charge in [-0.25, -0.2) is 0 Å². The van der Waals surface area contributed by atoms with Gasteiger partial charge in [0.15, 0.2) is 6.10 Å². The van der Waals surface area contributed by atoms with Crippen molar-refractivity contribution in [1.29, 1.82) is 0 Å². The maximum absolute atomic E-state index is 13.1. The highest BCUT2D eigenvalue weighted by atomic mass is 35.5. The van der Waals surface area contributed by atoms with Crippen LogP contribution in [0.5, 0.6) is 0 Å². The van der Waals surface area contributed by atoms with Crippen molar-refractivity contribution in [2.45, 2.75) is 49.8 Å². The van der Waals surface area contributed by atoms with Crippen molar-refractivity contribution >= 4 is 23.5 Å². The zero-order chi connectivity index (χ0) is 26.5. The minimum absolute atomic E-state index is 0.0333. The lowest BCUT2D eigenvalue weighted by atomic mass is 9.64. The summed E-state index contributed by atoms with van der Waals surface area (Å²) in [4.78, 5) is 45.3. The van der Waals surface area contributed by atoms with Gasteiger partial charge in [0, 0.05) is 28.4 Å². The minimum atomic E-state index is -2.02. The predicted molar refractivity (Wildman–Crippen MR) is 123 cm³/mol. The summed E-state index contributed by atoms with van der Waals surface area (Å²) < 4.78 is 17.6. The van der Waals surface area contributed by atoms with E-state index in [2.05, 4.69) is 9.82 Å². The van der Waals surface area contributed by atoms with Crippen molar-refractivity contribution in [3.63, 3.8) is 0 Å². The molecule has 2 saturated heterocycles. The summed E-state index contributed by atoms with van der Waals surface area (Å²) in [5, 5.41) is 31.1. The Morgan fingerprint density at radius 1 is 1.19 bits per heavy atom. The second-order valence-corrected chi connectivity index (χ2v) is 9.75. The zero-order valence-electron chi connectivity index (χ0n) is 19.5. The van der Waals surface area contributed by atoms with E-state index in [1.54, 1.807) is 37.4 Å². The van der Waals surface area contributed by atoms with Gasteiger partial charge in [0.05, 0.1) is 32.3 Å². The van der Waals surface area contributed by atoms with E-state index in [4.69, 9.17) is 25.8 Å². The first-order valence-electron chi connectivity index (χ1n) is 11.5. The van der Waals surface area contributed by atoms with Gasteiger partial charge in [-0.3, -0.25) is 14.6 Å². The monoisotopic (exact) mass is 534 g/mol. The standard InChI is InChI=1S/C24H23ClN2O10/c1-11-19(15-8-34-20(14(15)7-26-11)12-2-4-13(25)5-3-12)24(23(30)31,6-18(28)29)16-9-35-22-17(37-27(32)33)10-36-21(16)22/h2-5,7,16-17,20-22H,6,8-10H2,1H3,(H,28,29)(H,30,31)/t16-,17-,20?,21-,22-,24+/m1/s1. The van der Waals surface area contributed by atoms with E-state index < -0.39 is 59.2 Å². The van der Waals surface area contributed by atoms with Crippen LogP contribution in [0.15, 0.2) is 30.5 Å². The molecule has 3 aliphatic rings. The number of ether oxygens (including phenoxy) is 3. The average molecular weight is 535 g/mol. The molecule has 2 N–H and O–H groups in total. The summed E-state index contributed by atoms with van der Waals surface area (Å²) in [7, 11) is 0. The van der Waals surface area contributed by atoms with Gasteiger partial charge in [-0.2, -0.15) is 0 Å². The Morgan fingerprint density at radius 3 is 2.54 bits per heavy atom. The number of carboxylic acids is 2. The van der Waals surface area contributed by atoms with Crippen molar-refractivity contribution in [2.24, 2.45) is 5.92 Å². The van der Waals surface area contributed by atoms with E-state index in [0.29, 0.717) is 21.8 Å². The maximum Gasteiger partial charge on any atom is 0.315 e. The molecular formula is C24H23ClN2O10. The molecule has 37 heavy (non-hydrogen) atoms. The number of carboxylic acid groups (broad SMARTS) is 2. The number of aliphatic carboxylic acids is 2. The molecule has 0 aliphatic carbocycles. The molecule has 3 aliphatic heterocycles. The molecule has 2 fully saturated rings. The first-order chi connectivity index (χ1) is 17.6. The lowest BCUT2D eigenvalue weighted by molar-refractivity contribution is -0.769. The molecule has 1 unspecified atom stereocenters. The summed E-state index contributed by atoms with van der Waals surface area (Å²) in [5.41, 5.74) is 0.485. The number of pyridine rings is 1. The molecule has 6 atom stereocenters. The molecule has 0 amide bonds. The molecular weight excluding hydrogens is 512 g/mol. The van der Waals surface area contributed by atoms with E-state index in [9.17, 15) is 29.9 Å². The van der Waals surface area contributed by atoms with Crippen molar-refractivity contribution in [2.75, 3.05) is 13.2 Å². The van der Waals surface area contributed by atoms with E-state index in [1.165, 1.54) is 0 Å². The fraction of sp³-hybridized carbons (Fsp3) is 0.458. The van der Waals surface area contributed by atoms with Crippen molar-refractivity contribution < 1.29 is 43.9 Å². The van der Waals surface area contributed by atoms with Gasteiger partial charge in [0.25, 0.3) is 5.09 Å². The molecule has 196 valence electrons. The van der Waals surface area contributed by atoms with Crippen LogP contribution in [0.4, 0.5) is 0 Å². The van der Waals surface area contributed by atoms with Crippen LogP contribution in [0, 0.1) is 23.0 Å². The van der Waals surface area contributed by atoms with Crippen LogP contribution in [-0.2, 0) is 40.7 Å². The van der Waals surface area contributed by atoms with Crippen LogP contribution < -0.4 is 0 Å². The molecule has 13 heteroatoms. The highest BCUT2D eigenvalue weighted by Gasteiger charge is 2.62. The molecule has 4 heterocycles. The number of carbonyl (C=O) groups is 2. The molecule has 12 nitrogen and oxygen atoms in total. The number of rotatable bonds is 8. The Bertz CT molecular complexity index is 1250. The quantitative estimate of drug-likeness (QED) is 0.377. The summed E-state index contributed by atoms with van der Waals surface area (Å²) in [6.45, 7) is 1.26. The normalized spacial score (nSPS) is 27.8. The largest absolute Gasteiger partial charge is 0.481 e. The Morgan fingerprint density at radius 2 is 1.89 bits per heavy atom. The topological polar surface area (TPSA) is 168 Å². The lowest BCUT2D eigenvalue weighted by Crippen LogP contribution is -2.51. The Hall–Kier alpha value is -3.32. The second kappa shape index (κ2) is 9.53. The number of hydrogen-bond acceptors (Lipinski definition) is 9. The Kier molecular flexibility index (Phi) is 6.52. The minimum Gasteiger partial charge on any atom is -0.481 e. The van der Waals surface area contributed by atoms with E-state index >= 15 is 0 Å². The van der Waals surface area contributed by atoms with E-state index in [1.807, 2.05) is 0 Å². The smallest absolute Gasteiger partial charge is 0.315 e. The molecule has 1 aromatic carbocycles. The van der Waals surface area contributed by atoms with Crippen LogP contribution >= 0.6 is 11.6 Å². The first kappa shape index (κ1) is 25.3. The first-order valence-corrected chi connectivity index (χ1v) is 11.9. The van der Waals surface area contributed by atoms with Gasteiger partial charge in [0.2, 0.25) is 0 Å². The number of halogens is 1. The molecule has 2 aromatic rings. The Labute approximate surface area is 215 Å². The SMILES string of the molecule is Cc1ncc2c(c1[C@@](CC(=O)O)(C(=O)O)[C@@H]1CO[C@H]3[C@@H]1OC[C@H]3O[N+](=O)[O-])COC2c1ccc(Cl)cc1. The second-order valence-electron chi connectivity index (χ2n) is 9.31. The van der Waals surface area contributed by atoms with Crippen molar-refractivity contribution in [3.8, 4) is 0 Å². The fourth-order valence-electron chi connectivity index (χ4n) is 5.89. The van der Waals surface area contributed by atoms with Crippen molar-refractivity contribution in [1.82, 2.24) is 4.98 Å². The number of benzene rings is 1. The molecule has 0 radical (unpaired) electrons. The number of fused-ring (bicyclic) bond motifs is 2. The third-order valence-corrected chi connectivity index (χ3v) is 7.63. The summed E-state index contributed by atoms with van der Waals surface area (Å²) in [5.74, 6) is -3.72. The van der Waals surface area contributed by atoms with Crippen LogP contribution in [0.3, 0.4) is 0 Å². The number of nitrogens with zero attached hydrogens (tertiary/aromatic N) is 2.